The Labute approximate surface area is 126 Å². The molecule has 1 amide bonds. The third kappa shape index (κ3) is 2.58. The monoisotopic (exact) mass is 313 g/mol. The van der Waals surface area contributed by atoms with Gasteiger partial charge in [-0.2, -0.15) is 13.2 Å². The summed E-state index contributed by atoms with van der Waals surface area (Å²) in [5, 5.41) is 0. The summed E-state index contributed by atoms with van der Waals surface area (Å²) in [5.74, 6) is 0.480. The first kappa shape index (κ1) is 15.3. The van der Waals surface area contributed by atoms with E-state index in [0.29, 0.717) is 24.9 Å². The van der Waals surface area contributed by atoms with Crippen LogP contribution in [0, 0.1) is 18.8 Å². The van der Waals surface area contributed by atoms with Gasteiger partial charge in [-0.05, 0) is 43.7 Å². The minimum atomic E-state index is -4.50. The maximum atomic E-state index is 12.6. The van der Waals surface area contributed by atoms with Crippen molar-refractivity contribution in [3.8, 4) is 0 Å². The highest BCUT2D eigenvalue weighted by Gasteiger charge is 2.43. The Bertz CT molecular complexity index is 602. The summed E-state index contributed by atoms with van der Waals surface area (Å²) in [5.41, 5.74) is 5.42. The molecule has 7 heteroatoms. The highest BCUT2D eigenvalue weighted by molar-refractivity contribution is 5.95. The van der Waals surface area contributed by atoms with Gasteiger partial charge in [0.15, 0.2) is 0 Å². The molecule has 120 valence electrons. The topological polar surface area (TPSA) is 59.2 Å². The number of likely N-dealkylation sites (tertiary alicyclic amines) is 1. The Balaban J connectivity index is 1.79. The van der Waals surface area contributed by atoms with Crippen LogP contribution in [0.1, 0.15) is 34.6 Å². The van der Waals surface area contributed by atoms with Crippen LogP contribution in [0.5, 0.6) is 0 Å². The number of amides is 1. The van der Waals surface area contributed by atoms with E-state index in [1.165, 1.54) is 13.0 Å². The maximum absolute atomic E-state index is 12.6. The molecule has 3 atom stereocenters. The van der Waals surface area contributed by atoms with E-state index in [9.17, 15) is 18.0 Å². The number of nitrogens with two attached hydrogens (primary N) is 1. The van der Waals surface area contributed by atoms with Gasteiger partial charge in [0, 0.05) is 19.1 Å². The van der Waals surface area contributed by atoms with E-state index in [2.05, 4.69) is 4.98 Å². The quantitative estimate of drug-likeness (QED) is 0.865. The molecule has 3 rings (SSSR count). The Morgan fingerprint density at radius 3 is 2.64 bits per heavy atom. The number of carbonyl (C=O) groups is 1. The van der Waals surface area contributed by atoms with Gasteiger partial charge < -0.3 is 10.6 Å². The van der Waals surface area contributed by atoms with Gasteiger partial charge in [0.25, 0.3) is 5.91 Å². The number of hydrogen-bond acceptors (Lipinski definition) is 3. The standard InChI is InChI=1S/C15H18F3N3O/c1-8-10(3-5-13(20-8)15(16,17)18)14(22)21-6-9-2-4-12(19)11(9)7-21/h3,5,9,11-12H,2,4,6-7,19H2,1H3. The Hall–Kier alpha value is -1.63. The first-order valence-electron chi connectivity index (χ1n) is 7.37. The van der Waals surface area contributed by atoms with E-state index < -0.39 is 11.9 Å². The number of aryl methyl sites for hydroxylation is 1. The van der Waals surface area contributed by atoms with Crippen molar-refractivity contribution in [3.05, 3.63) is 29.1 Å². The number of pyridine rings is 1. The fraction of sp³-hybridized carbons (Fsp3) is 0.600. The average molecular weight is 313 g/mol. The molecular formula is C15H18F3N3O. The summed E-state index contributed by atoms with van der Waals surface area (Å²) in [6.45, 7) is 2.66. The zero-order valence-corrected chi connectivity index (χ0v) is 12.2. The number of fused-ring (bicyclic) bond motifs is 1. The summed E-state index contributed by atoms with van der Waals surface area (Å²) in [4.78, 5) is 17.8. The van der Waals surface area contributed by atoms with Crippen LogP contribution >= 0.6 is 0 Å². The molecule has 1 saturated carbocycles. The van der Waals surface area contributed by atoms with Crippen molar-refractivity contribution in [1.82, 2.24) is 9.88 Å². The van der Waals surface area contributed by atoms with Crippen LogP contribution in [-0.2, 0) is 6.18 Å². The second-order valence-electron chi connectivity index (χ2n) is 6.20. The molecule has 0 radical (unpaired) electrons. The van der Waals surface area contributed by atoms with Gasteiger partial charge in [0.1, 0.15) is 5.69 Å². The average Bonchev–Trinajstić information content (AvgIpc) is 3.00. The van der Waals surface area contributed by atoms with Gasteiger partial charge >= 0.3 is 6.18 Å². The number of alkyl halides is 3. The first-order chi connectivity index (χ1) is 10.3. The normalized spacial score (nSPS) is 28.0. The van der Waals surface area contributed by atoms with Crippen molar-refractivity contribution in [2.45, 2.75) is 32.0 Å². The van der Waals surface area contributed by atoms with E-state index in [1.807, 2.05) is 0 Å². The van der Waals surface area contributed by atoms with Crippen LogP contribution in [0.25, 0.3) is 0 Å². The third-order valence-corrected chi connectivity index (χ3v) is 4.81. The molecule has 3 unspecified atom stereocenters. The first-order valence-corrected chi connectivity index (χ1v) is 7.37. The summed E-state index contributed by atoms with van der Waals surface area (Å²) in [7, 11) is 0. The molecular weight excluding hydrogens is 295 g/mol. The smallest absolute Gasteiger partial charge is 0.338 e. The van der Waals surface area contributed by atoms with E-state index in [1.54, 1.807) is 4.90 Å². The van der Waals surface area contributed by atoms with Crippen LogP contribution in [0.4, 0.5) is 13.2 Å². The minimum absolute atomic E-state index is 0.112. The van der Waals surface area contributed by atoms with Crippen molar-refractivity contribution >= 4 is 5.91 Å². The highest BCUT2D eigenvalue weighted by atomic mass is 19.4. The molecule has 1 aliphatic carbocycles. The van der Waals surface area contributed by atoms with Crippen LogP contribution in [0.3, 0.4) is 0 Å². The number of carbonyl (C=O) groups excluding carboxylic acids is 1. The summed E-state index contributed by atoms with van der Waals surface area (Å²) in [6.07, 6.45) is -2.50. The molecule has 22 heavy (non-hydrogen) atoms. The lowest BCUT2D eigenvalue weighted by Crippen LogP contribution is -2.34. The van der Waals surface area contributed by atoms with Crippen LogP contribution in [0.15, 0.2) is 12.1 Å². The highest BCUT2D eigenvalue weighted by Crippen LogP contribution is 2.38. The SMILES string of the molecule is Cc1nc(C(F)(F)F)ccc1C(=O)N1CC2CCC(N)C2C1. The van der Waals surface area contributed by atoms with Crippen molar-refractivity contribution in [2.24, 2.45) is 17.6 Å². The zero-order valence-electron chi connectivity index (χ0n) is 12.2. The predicted molar refractivity (Wildman–Crippen MR) is 74.1 cm³/mol. The molecule has 2 aliphatic rings. The Morgan fingerprint density at radius 1 is 1.32 bits per heavy atom. The van der Waals surface area contributed by atoms with E-state index in [0.717, 1.165) is 18.9 Å². The number of rotatable bonds is 1. The van der Waals surface area contributed by atoms with Crippen molar-refractivity contribution in [3.63, 3.8) is 0 Å². The zero-order chi connectivity index (χ0) is 16.1. The van der Waals surface area contributed by atoms with E-state index >= 15 is 0 Å². The van der Waals surface area contributed by atoms with Crippen LogP contribution < -0.4 is 5.73 Å². The lowest BCUT2D eigenvalue weighted by atomic mass is 9.98. The largest absolute Gasteiger partial charge is 0.433 e. The second kappa shape index (κ2) is 5.22. The van der Waals surface area contributed by atoms with Gasteiger partial charge in [0.2, 0.25) is 0 Å². The van der Waals surface area contributed by atoms with Gasteiger partial charge in [-0.1, -0.05) is 0 Å². The molecule has 4 nitrogen and oxygen atoms in total. The van der Waals surface area contributed by atoms with E-state index in [4.69, 9.17) is 5.73 Å². The molecule has 0 bridgehead atoms. The molecule has 2 N–H and O–H groups in total. The fourth-order valence-corrected chi connectivity index (χ4v) is 3.59. The maximum Gasteiger partial charge on any atom is 0.433 e. The Kier molecular flexibility index (Phi) is 3.63. The predicted octanol–water partition coefficient (Wildman–Crippen LogP) is 2.22. The number of halogens is 3. The van der Waals surface area contributed by atoms with Crippen LogP contribution in [-0.4, -0.2) is 34.9 Å². The fourth-order valence-electron chi connectivity index (χ4n) is 3.59. The summed E-state index contributed by atoms with van der Waals surface area (Å²) < 4.78 is 37.9. The molecule has 0 spiro atoms. The van der Waals surface area contributed by atoms with Gasteiger partial charge in [0.05, 0.1) is 11.3 Å². The molecule has 1 aliphatic heterocycles. The third-order valence-electron chi connectivity index (χ3n) is 4.81. The summed E-state index contributed by atoms with van der Waals surface area (Å²) >= 11 is 0. The lowest BCUT2D eigenvalue weighted by molar-refractivity contribution is -0.141. The number of hydrogen-bond donors (Lipinski definition) is 1. The minimum Gasteiger partial charge on any atom is -0.338 e. The molecule has 2 heterocycles. The lowest BCUT2D eigenvalue weighted by Gasteiger charge is -2.20. The number of aromatic nitrogens is 1. The van der Waals surface area contributed by atoms with Gasteiger partial charge in [-0.3, -0.25) is 4.79 Å². The summed E-state index contributed by atoms with van der Waals surface area (Å²) in [6, 6.07) is 2.21. The second-order valence-corrected chi connectivity index (χ2v) is 6.20. The molecule has 0 aromatic carbocycles. The molecule has 1 aromatic heterocycles. The van der Waals surface area contributed by atoms with Crippen molar-refractivity contribution < 1.29 is 18.0 Å². The van der Waals surface area contributed by atoms with Crippen LogP contribution in [0.2, 0.25) is 0 Å². The molecule has 2 fully saturated rings. The van der Waals surface area contributed by atoms with Crippen molar-refractivity contribution in [2.75, 3.05) is 13.1 Å². The van der Waals surface area contributed by atoms with Crippen molar-refractivity contribution in [1.29, 1.82) is 0 Å². The molecule has 1 saturated heterocycles. The Morgan fingerprint density at radius 2 is 2.05 bits per heavy atom. The molecule has 1 aromatic rings. The van der Waals surface area contributed by atoms with Gasteiger partial charge in [-0.15, -0.1) is 0 Å². The number of nitrogens with zero attached hydrogens (tertiary/aromatic N) is 2. The van der Waals surface area contributed by atoms with Gasteiger partial charge in [-0.25, -0.2) is 4.98 Å². The van der Waals surface area contributed by atoms with E-state index in [-0.39, 0.29) is 23.2 Å².